The number of aryl methyl sites for hydroxylation is 2. The number of ether oxygens (including phenoxy) is 2. The van der Waals surface area contributed by atoms with E-state index in [9.17, 15) is 9.59 Å². The van der Waals surface area contributed by atoms with E-state index in [1.165, 1.54) is 6.07 Å². The maximum Gasteiger partial charge on any atom is 0.257 e. The minimum atomic E-state index is -0.613. The van der Waals surface area contributed by atoms with Crippen molar-refractivity contribution in [3.63, 3.8) is 0 Å². The minimum absolute atomic E-state index is 0.0364. The van der Waals surface area contributed by atoms with Gasteiger partial charge in [0.1, 0.15) is 5.82 Å². The summed E-state index contributed by atoms with van der Waals surface area (Å²) in [5.74, 6) is -1.82. The van der Waals surface area contributed by atoms with E-state index in [0.717, 1.165) is 37.3 Å². The van der Waals surface area contributed by atoms with Crippen molar-refractivity contribution in [2.45, 2.75) is 44.3 Å². The second-order valence-electron chi connectivity index (χ2n) is 11.3. The van der Waals surface area contributed by atoms with Crippen molar-refractivity contribution in [1.29, 1.82) is 0 Å². The van der Waals surface area contributed by atoms with Crippen LogP contribution in [-0.2, 0) is 21.3 Å². The van der Waals surface area contributed by atoms with Crippen LogP contribution in [0.15, 0.2) is 54.9 Å². The van der Waals surface area contributed by atoms with Crippen molar-refractivity contribution >= 4 is 23.2 Å². The zero-order valence-electron chi connectivity index (χ0n) is 23.4. The average molecular weight is 562 g/mol. The van der Waals surface area contributed by atoms with Crippen LogP contribution in [0.2, 0.25) is 0 Å². The van der Waals surface area contributed by atoms with Gasteiger partial charge < -0.3 is 25.0 Å². The van der Waals surface area contributed by atoms with Crippen LogP contribution in [0.3, 0.4) is 0 Å². The third kappa shape index (κ3) is 5.58. The Morgan fingerprint density at radius 3 is 2.51 bits per heavy atom. The number of halogens is 1. The number of hydrogen-bond acceptors (Lipinski definition) is 6. The molecule has 3 saturated heterocycles. The van der Waals surface area contributed by atoms with Crippen LogP contribution < -0.4 is 10.6 Å². The number of fused-ring (bicyclic) bond motifs is 1. The van der Waals surface area contributed by atoms with E-state index < -0.39 is 23.7 Å². The topological polar surface area (TPSA) is 97.7 Å². The van der Waals surface area contributed by atoms with E-state index in [-0.39, 0.29) is 23.4 Å². The third-order valence-corrected chi connectivity index (χ3v) is 8.58. The summed E-state index contributed by atoms with van der Waals surface area (Å²) in [6.45, 7) is 4.01. The molecule has 0 bridgehead atoms. The fourth-order valence-electron chi connectivity index (χ4n) is 6.50. The molecular weight excluding hydrogens is 525 g/mol. The molecule has 3 aliphatic heterocycles. The number of aromatic nitrogens is 2. The quantitative estimate of drug-likeness (QED) is 0.466. The summed E-state index contributed by atoms with van der Waals surface area (Å²) in [6, 6.07) is 12.0. The van der Waals surface area contributed by atoms with Gasteiger partial charge in [-0.2, -0.15) is 5.10 Å². The molecular formula is C31H36FN5O4. The van der Waals surface area contributed by atoms with Crippen molar-refractivity contribution < 1.29 is 23.5 Å². The normalized spacial score (nSPS) is 24.6. The Morgan fingerprint density at radius 1 is 1.02 bits per heavy atom. The number of likely N-dealkylation sites (tertiary alicyclic amines) is 1. The lowest BCUT2D eigenvalue weighted by atomic mass is 9.76. The molecule has 4 atom stereocenters. The molecule has 0 aliphatic carbocycles. The van der Waals surface area contributed by atoms with Crippen LogP contribution in [0.5, 0.6) is 0 Å². The molecule has 3 aliphatic rings. The van der Waals surface area contributed by atoms with Gasteiger partial charge in [-0.05, 0) is 55.5 Å². The first kappa shape index (κ1) is 27.4. The van der Waals surface area contributed by atoms with Gasteiger partial charge in [0.05, 0.1) is 48.7 Å². The molecule has 4 heterocycles. The Morgan fingerprint density at radius 2 is 1.80 bits per heavy atom. The van der Waals surface area contributed by atoms with Gasteiger partial charge in [0.15, 0.2) is 0 Å². The second-order valence-corrected chi connectivity index (χ2v) is 11.3. The highest BCUT2D eigenvalue weighted by atomic mass is 19.1. The Hall–Kier alpha value is -3.76. The molecule has 0 saturated carbocycles. The van der Waals surface area contributed by atoms with Gasteiger partial charge in [-0.3, -0.25) is 14.3 Å². The summed E-state index contributed by atoms with van der Waals surface area (Å²) in [7, 11) is 1.78. The smallest absolute Gasteiger partial charge is 0.257 e. The molecule has 10 heteroatoms. The first-order valence-corrected chi connectivity index (χ1v) is 14.3. The van der Waals surface area contributed by atoms with Crippen LogP contribution in [0.4, 0.5) is 15.8 Å². The number of nitrogens with one attached hydrogen (secondary N) is 2. The number of anilines is 2. The number of carbonyl (C=O) groups is 2. The molecule has 2 aromatic carbocycles. The van der Waals surface area contributed by atoms with Crippen molar-refractivity contribution in [3.8, 4) is 0 Å². The summed E-state index contributed by atoms with van der Waals surface area (Å²) in [6.07, 6.45) is 5.76. The van der Waals surface area contributed by atoms with Crippen LogP contribution in [0.25, 0.3) is 0 Å². The number of rotatable bonds is 6. The van der Waals surface area contributed by atoms with E-state index in [1.807, 2.05) is 24.3 Å². The third-order valence-electron chi connectivity index (χ3n) is 8.58. The largest absolute Gasteiger partial charge is 0.382 e. The fraction of sp³-hybridized carbons (Fsp3) is 0.452. The first-order chi connectivity index (χ1) is 19.9. The van der Waals surface area contributed by atoms with Crippen LogP contribution in [-0.4, -0.2) is 65.0 Å². The molecule has 1 aromatic heterocycles. The van der Waals surface area contributed by atoms with Gasteiger partial charge in [0, 0.05) is 44.1 Å². The fourth-order valence-corrected chi connectivity index (χ4v) is 6.50. The second kappa shape index (κ2) is 11.6. The van der Waals surface area contributed by atoms with Crippen molar-refractivity contribution in [2.24, 2.45) is 18.9 Å². The maximum atomic E-state index is 15.2. The van der Waals surface area contributed by atoms with Crippen molar-refractivity contribution in [3.05, 3.63) is 77.4 Å². The van der Waals surface area contributed by atoms with Gasteiger partial charge >= 0.3 is 0 Å². The monoisotopic (exact) mass is 561 g/mol. The Labute approximate surface area is 239 Å². The van der Waals surface area contributed by atoms with Crippen LogP contribution in [0, 0.1) is 24.6 Å². The van der Waals surface area contributed by atoms with E-state index >= 15 is 4.39 Å². The minimum Gasteiger partial charge on any atom is -0.382 e. The van der Waals surface area contributed by atoms with E-state index in [4.69, 9.17) is 9.47 Å². The molecule has 9 nitrogen and oxygen atoms in total. The van der Waals surface area contributed by atoms with Gasteiger partial charge in [-0.25, -0.2) is 4.39 Å². The predicted molar refractivity (Wildman–Crippen MR) is 152 cm³/mol. The zero-order valence-corrected chi connectivity index (χ0v) is 23.4. The highest BCUT2D eigenvalue weighted by Gasteiger charge is 2.51. The molecule has 0 spiro atoms. The highest BCUT2D eigenvalue weighted by Crippen LogP contribution is 2.45. The average Bonchev–Trinajstić information content (AvgIpc) is 3.61. The zero-order chi connectivity index (χ0) is 28.5. The number of amides is 2. The number of benzene rings is 2. The SMILES string of the molecule is Cc1cccc(F)c1C(=O)N1C2COCC2CC(C(=O)Nc2cnn(C)c2)C1c1ccc(NC2CCOCC2)cc1. The summed E-state index contributed by atoms with van der Waals surface area (Å²) in [4.78, 5) is 29.9. The lowest BCUT2D eigenvalue weighted by Gasteiger charge is -2.47. The molecule has 4 unspecified atom stereocenters. The Balaban J connectivity index is 1.38. The lowest BCUT2D eigenvalue weighted by Crippen LogP contribution is -2.55. The van der Waals surface area contributed by atoms with Crippen LogP contribution >= 0.6 is 0 Å². The van der Waals surface area contributed by atoms with Crippen molar-refractivity contribution in [2.75, 3.05) is 37.1 Å². The molecule has 3 aromatic rings. The van der Waals surface area contributed by atoms with E-state index in [0.29, 0.717) is 36.9 Å². The molecule has 2 N–H and O–H groups in total. The highest BCUT2D eigenvalue weighted by molar-refractivity contribution is 5.98. The molecule has 0 radical (unpaired) electrons. The molecule has 6 rings (SSSR count). The van der Waals surface area contributed by atoms with Crippen LogP contribution in [0.1, 0.15) is 46.8 Å². The molecule has 216 valence electrons. The number of piperidine rings is 1. The van der Waals surface area contributed by atoms with Gasteiger partial charge in [-0.15, -0.1) is 0 Å². The maximum absolute atomic E-state index is 15.2. The molecule has 41 heavy (non-hydrogen) atoms. The summed E-state index contributed by atoms with van der Waals surface area (Å²) in [5.41, 5.74) is 2.97. The summed E-state index contributed by atoms with van der Waals surface area (Å²) >= 11 is 0. The number of hydrogen-bond donors (Lipinski definition) is 2. The van der Waals surface area contributed by atoms with E-state index in [2.05, 4.69) is 15.7 Å². The summed E-state index contributed by atoms with van der Waals surface area (Å²) < 4.78 is 28.1. The van der Waals surface area contributed by atoms with Crippen molar-refractivity contribution in [1.82, 2.24) is 14.7 Å². The Kier molecular flexibility index (Phi) is 7.77. The molecule has 2 amide bonds. The van der Waals surface area contributed by atoms with Gasteiger partial charge in [0.25, 0.3) is 5.91 Å². The number of carbonyl (C=O) groups excluding carboxylic acids is 2. The first-order valence-electron chi connectivity index (χ1n) is 14.3. The van der Waals surface area contributed by atoms with Gasteiger partial charge in [0.2, 0.25) is 5.91 Å². The van der Waals surface area contributed by atoms with E-state index in [1.54, 1.807) is 48.1 Å². The summed E-state index contributed by atoms with van der Waals surface area (Å²) in [5, 5.41) is 10.7. The lowest BCUT2D eigenvalue weighted by molar-refractivity contribution is -0.124. The van der Waals surface area contributed by atoms with Gasteiger partial charge in [-0.1, -0.05) is 24.3 Å². The Bertz CT molecular complexity index is 1380. The standard InChI is InChI=1S/C31H36FN5O4/c1-19-4-3-5-26(32)28(19)31(39)37-27-18-41-17-21(27)14-25(30(38)35-24-15-33-36(2)16-24)29(37)20-6-8-22(9-7-20)34-23-10-12-40-13-11-23/h3-9,15-16,21,23,25,27,29,34H,10-14,17-18H2,1-2H3,(H,35,38). The molecule has 3 fully saturated rings. The predicted octanol–water partition coefficient (Wildman–Crippen LogP) is 4.32. The number of nitrogens with zero attached hydrogens (tertiary/aromatic N) is 3.